The Morgan fingerprint density at radius 3 is 2.28 bits per heavy atom. The first-order valence-corrected chi connectivity index (χ1v) is 15.1. The number of anilines is 1. The van der Waals surface area contributed by atoms with Crippen molar-refractivity contribution in [2.24, 2.45) is 0 Å². The minimum absolute atomic E-state index is 0.00870. The molecule has 9 nitrogen and oxygen atoms in total. The maximum Gasteiger partial charge on any atom is 0.303 e. The minimum atomic E-state index is -0.912. The molecule has 0 spiro atoms. The van der Waals surface area contributed by atoms with E-state index in [1.54, 1.807) is 6.07 Å². The van der Waals surface area contributed by atoms with Crippen molar-refractivity contribution < 1.29 is 29.3 Å². The summed E-state index contributed by atoms with van der Waals surface area (Å²) in [7, 11) is 0. The second kappa shape index (κ2) is 15.2. The number of piperazine rings is 1. The van der Waals surface area contributed by atoms with Crippen LogP contribution in [-0.2, 0) is 32.2 Å². The quantitative estimate of drug-likeness (QED) is 0.279. The van der Waals surface area contributed by atoms with Gasteiger partial charge >= 0.3 is 5.97 Å². The summed E-state index contributed by atoms with van der Waals surface area (Å²) >= 11 is 0. The van der Waals surface area contributed by atoms with Crippen LogP contribution in [0, 0.1) is 0 Å². The smallest absolute Gasteiger partial charge is 0.303 e. The summed E-state index contributed by atoms with van der Waals surface area (Å²) in [5, 5.41) is 21.2. The first-order valence-electron chi connectivity index (χ1n) is 15.1. The van der Waals surface area contributed by atoms with Crippen LogP contribution in [0.4, 0.5) is 5.69 Å². The van der Waals surface area contributed by atoms with Crippen molar-refractivity contribution in [1.29, 1.82) is 0 Å². The average molecular weight is 588 g/mol. The number of aliphatic hydroxyl groups is 1. The van der Waals surface area contributed by atoms with E-state index in [4.69, 9.17) is 14.6 Å². The summed E-state index contributed by atoms with van der Waals surface area (Å²) in [6.07, 6.45) is 0.222. The second-order valence-corrected chi connectivity index (χ2v) is 11.3. The summed E-state index contributed by atoms with van der Waals surface area (Å²) in [6.45, 7) is 5.69. The topological polar surface area (TPSA) is 112 Å². The number of benzene rings is 3. The fourth-order valence-corrected chi connectivity index (χ4v) is 5.68. The van der Waals surface area contributed by atoms with Gasteiger partial charge in [0.05, 0.1) is 18.8 Å². The first kappa shape index (κ1) is 30.8. The number of aliphatic carboxylic acids is 1. The van der Waals surface area contributed by atoms with Gasteiger partial charge in [-0.15, -0.1) is 0 Å². The van der Waals surface area contributed by atoms with Crippen LogP contribution >= 0.6 is 0 Å². The molecule has 2 saturated heterocycles. The van der Waals surface area contributed by atoms with Crippen molar-refractivity contribution in [3.05, 3.63) is 101 Å². The van der Waals surface area contributed by atoms with E-state index in [0.717, 1.165) is 56.0 Å². The Morgan fingerprint density at radius 1 is 0.814 bits per heavy atom. The number of carbonyl (C=O) groups excluding carboxylic acids is 1. The van der Waals surface area contributed by atoms with Crippen LogP contribution < -0.4 is 5.32 Å². The van der Waals surface area contributed by atoms with Gasteiger partial charge in [-0.1, -0.05) is 66.7 Å². The molecule has 0 unspecified atom stereocenters. The third kappa shape index (κ3) is 9.19. The average Bonchev–Trinajstić information content (AvgIpc) is 3.02. The normalized spacial score (nSPS) is 21.4. The molecule has 0 aromatic heterocycles. The van der Waals surface area contributed by atoms with Gasteiger partial charge in [0.1, 0.15) is 0 Å². The molecule has 0 saturated carbocycles. The molecule has 9 heteroatoms. The lowest BCUT2D eigenvalue weighted by Crippen LogP contribution is -2.49. The van der Waals surface area contributed by atoms with Gasteiger partial charge in [0.15, 0.2) is 6.29 Å². The van der Waals surface area contributed by atoms with E-state index >= 15 is 0 Å². The van der Waals surface area contributed by atoms with Crippen molar-refractivity contribution in [1.82, 2.24) is 9.80 Å². The maximum atomic E-state index is 12.4. The van der Waals surface area contributed by atoms with Crippen molar-refractivity contribution in [2.75, 3.05) is 38.0 Å². The van der Waals surface area contributed by atoms with Crippen LogP contribution in [0.15, 0.2) is 78.9 Å². The largest absolute Gasteiger partial charge is 0.481 e. The zero-order valence-corrected chi connectivity index (χ0v) is 24.4. The Labute approximate surface area is 253 Å². The lowest BCUT2D eigenvalue weighted by atomic mass is 9.99. The Morgan fingerprint density at radius 2 is 1.56 bits per heavy atom. The number of amides is 1. The number of rotatable bonds is 12. The molecule has 0 aliphatic carbocycles. The molecule has 3 N–H and O–H groups in total. The Balaban J connectivity index is 1.24. The number of aliphatic hydroxyl groups excluding tert-OH is 1. The van der Waals surface area contributed by atoms with E-state index in [0.29, 0.717) is 12.1 Å². The van der Waals surface area contributed by atoms with Crippen LogP contribution in [0.2, 0.25) is 0 Å². The van der Waals surface area contributed by atoms with Crippen LogP contribution in [0.1, 0.15) is 60.3 Å². The molecule has 2 aliphatic heterocycles. The molecule has 2 aliphatic rings. The predicted molar refractivity (Wildman–Crippen MR) is 163 cm³/mol. The molecule has 3 aromatic rings. The third-order valence-electron chi connectivity index (χ3n) is 8.03. The van der Waals surface area contributed by atoms with Crippen molar-refractivity contribution in [3.63, 3.8) is 0 Å². The van der Waals surface area contributed by atoms with Crippen LogP contribution in [0.3, 0.4) is 0 Å². The standard InChI is InChI=1S/C34H41N3O6/c38-24-26-12-14-27(15-13-26)31-21-30(23-37-18-16-36(17-19-37)22-25-6-2-1-3-7-25)42-34(43-31)28-8-4-9-29(20-28)35-32(39)10-5-11-33(40)41/h1-4,6-9,12-15,20,30-31,34,38H,5,10-11,16-19,21-24H2,(H,35,39)(H,40,41)/t30-,31+,34+/m0/s1. The van der Waals surface area contributed by atoms with E-state index in [-0.39, 0.29) is 44.0 Å². The van der Waals surface area contributed by atoms with Gasteiger partial charge in [0.25, 0.3) is 0 Å². The number of carbonyl (C=O) groups is 2. The number of nitrogens with one attached hydrogen (secondary N) is 1. The predicted octanol–water partition coefficient (Wildman–Crippen LogP) is 4.74. The summed E-state index contributed by atoms with van der Waals surface area (Å²) in [6, 6.07) is 25.9. The summed E-state index contributed by atoms with van der Waals surface area (Å²) < 4.78 is 13.0. The molecule has 5 rings (SSSR count). The lowest BCUT2D eigenvalue weighted by Gasteiger charge is -2.41. The van der Waals surface area contributed by atoms with Gasteiger partial charge in [-0.05, 0) is 35.2 Å². The maximum absolute atomic E-state index is 12.4. The van der Waals surface area contributed by atoms with Gasteiger partial charge in [0, 0.05) is 69.8 Å². The van der Waals surface area contributed by atoms with E-state index in [9.17, 15) is 14.7 Å². The Bertz CT molecular complexity index is 1330. The first-order chi connectivity index (χ1) is 20.9. The summed E-state index contributed by atoms with van der Waals surface area (Å²) in [5.41, 5.74) is 4.64. The molecule has 228 valence electrons. The van der Waals surface area contributed by atoms with Crippen molar-refractivity contribution in [2.45, 2.75) is 57.3 Å². The van der Waals surface area contributed by atoms with Gasteiger partial charge in [-0.3, -0.25) is 19.4 Å². The number of hydrogen-bond acceptors (Lipinski definition) is 7. The molecule has 3 atom stereocenters. The highest BCUT2D eigenvalue weighted by atomic mass is 16.7. The fourth-order valence-electron chi connectivity index (χ4n) is 5.68. The highest BCUT2D eigenvalue weighted by molar-refractivity contribution is 5.90. The fraction of sp³-hybridized carbons (Fsp3) is 0.412. The molecule has 0 bridgehead atoms. The molecule has 0 radical (unpaired) electrons. The van der Waals surface area contributed by atoms with E-state index < -0.39 is 12.3 Å². The van der Waals surface area contributed by atoms with E-state index in [1.807, 2.05) is 48.5 Å². The second-order valence-electron chi connectivity index (χ2n) is 11.3. The van der Waals surface area contributed by atoms with Crippen LogP contribution in [-0.4, -0.2) is 70.7 Å². The van der Waals surface area contributed by atoms with Crippen molar-refractivity contribution >= 4 is 17.6 Å². The molecular weight excluding hydrogens is 546 g/mol. The van der Waals surface area contributed by atoms with Crippen LogP contribution in [0.5, 0.6) is 0 Å². The van der Waals surface area contributed by atoms with Gasteiger partial charge < -0.3 is 25.0 Å². The lowest BCUT2D eigenvalue weighted by molar-refractivity contribution is -0.253. The van der Waals surface area contributed by atoms with E-state index in [2.05, 4.69) is 39.4 Å². The summed E-state index contributed by atoms with van der Waals surface area (Å²) in [4.78, 5) is 28.1. The highest BCUT2D eigenvalue weighted by Crippen LogP contribution is 2.38. The number of carboxylic acids is 1. The van der Waals surface area contributed by atoms with Crippen LogP contribution in [0.25, 0.3) is 0 Å². The number of carboxylic acid groups (broad SMARTS) is 1. The van der Waals surface area contributed by atoms with Gasteiger partial charge in [-0.2, -0.15) is 0 Å². The number of nitrogens with zero attached hydrogens (tertiary/aromatic N) is 2. The molecule has 2 fully saturated rings. The molecule has 2 heterocycles. The molecular formula is C34H41N3O6. The van der Waals surface area contributed by atoms with Gasteiger partial charge in [0.2, 0.25) is 5.91 Å². The molecule has 43 heavy (non-hydrogen) atoms. The number of ether oxygens (including phenoxy) is 2. The van der Waals surface area contributed by atoms with Crippen molar-refractivity contribution in [3.8, 4) is 0 Å². The highest BCUT2D eigenvalue weighted by Gasteiger charge is 2.34. The third-order valence-corrected chi connectivity index (χ3v) is 8.03. The van der Waals surface area contributed by atoms with E-state index in [1.165, 1.54) is 5.56 Å². The Hall–Kier alpha value is -3.60. The number of hydrogen-bond donors (Lipinski definition) is 3. The van der Waals surface area contributed by atoms with Gasteiger partial charge in [-0.25, -0.2) is 0 Å². The summed E-state index contributed by atoms with van der Waals surface area (Å²) in [5.74, 6) is -1.14. The monoisotopic (exact) mass is 587 g/mol. The molecule has 1 amide bonds. The molecule has 3 aromatic carbocycles. The minimum Gasteiger partial charge on any atom is -0.481 e. The SMILES string of the molecule is O=C(O)CCCC(=O)Nc1cccc([C@@H]2O[C@H](CN3CCN(Cc4ccccc4)CC3)C[C@H](c3ccc(CO)cc3)O2)c1. The Kier molecular flexibility index (Phi) is 10.9. The zero-order chi connectivity index (χ0) is 30.0. The zero-order valence-electron chi connectivity index (χ0n) is 24.4.